The molecule has 0 unspecified atom stereocenters. The van der Waals surface area contributed by atoms with Crippen molar-refractivity contribution in [2.24, 2.45) is 0 Å². The highest BCUT2D eigenvalue weighted by Gasteiger charge is 2.36. The van der Waals surface area contributed by atoms with Crippen molar-refractivity contribution in [2.45, 2.75) is 206 Å². The zero-order chi connectivity index (χ0) is 34.7. The van der Waals surface area contributed by atoms with Crippen LogP contribution in [0.2, 0.25) is 0 Å². The van der Waals surface area contributed by atoms with Crippen LogP contribution in [-0.4, -0.2) is 29.8 Å². The van der Waals surface area contributed by atoms with Crippen LogP contribution in [0.15, 0.2) is 12.0 Å². The monoisotopic (exact) mass is 716 g/mol. The lowest BCUT2D eigenvalue weighted by Crippen LogP contribution is -2.34. The standard InChI is InChI=1S/C38H68O4S4/c1-8-11-13-15-17-19-21-23-25-27-30-33(43)45-37(4,5)35(39)41-32(29-10-3)42-36(40)38(6,7)46-34(44)31-28-26-24-22-20-18-16-14-12-9-2/h29H,8-28,30-31H2,1-7H3. The molecule has 0 N–H and O–H groups in total. The van der Waals surface area contributed by atoms with Crippen LogP contribution in [0.25, 0.3) is 0 Å². The van der Waals surface area contributed by atoms with Crippen LogP contribution in [0.5, 0.6) is 0 Å². The first-order chi connectivity index (χ1) is 21.9. The van der Waals surface area contributed by atoms with Crippen LogP contribution in [-0.2, 0) is 19.1 Å². The molecule has 0 aliphatic rings. The Hall–Kier alpha value is -0.440. The highest BCUT2D eigenvalue weighted by atomic mass is 32.2. The lowest BCUT2D eigenvalue weighted by atomic mass is 10.1. The first-order valence-corrected chi connectivity index (χ1v) is 20.9. The highest BCUT2D eigenvalue weighted by Crippen LogP contribution is 2.33. The smallest absolute Gasteiger partial charge is 0.329 e. The van der Waals surface area contributed by atoms with Gasteiger partial charge in [0, 0.05) is 8.39 Å². The van der Waals surface area contributed by atoms with Crippen LogP contribution in [0.3, 0.4) is 0 Å². The van der Waals surface area contributed by atoms with E-state index in [2.05, 4.69) is 13.8 Å². The summed E-state index contributed by atoms with van der Waals surface area (Å²) in [4.78, 5) is 26.3. The molecule has 0 aliphatic heterocycles. The third-order valence-corrected chi connectivity index (χ3v) is 11.1. The quantitative estimate of drug-likeness (QED) is 0.0328. The van der Waals surface area contributed by atoms with Gasteiger partial charge in [-0.15, -0.1) is 23.5 Å². The van der Waals surface area contributed by atoms with Crippen molar-refractivity contribution in [1.82, 2.24) is 0 Å². The molecule has 0 saturated carbocycles. The molecule has 8 heteroatoms. The fourth-order valence-electron chi connectivity index (χ4n) is 4.97. The predicted molar refractivity (Wildman–Crippen MR) is 212 cm³/mol. The number of carbonyl (C=O) groups is 2. The minimum Gasteiger partial charge on any atom is -0.392 e. The number of hydrogen-bond acceptors (Lipinski definition) is 8. The number of thiocarbonyl (C=S) groups is 2. The van der Waals surface area contributed by atoms with Crippen molar-refractivity contribution >= 4 is 68.3 Å². The highest BCUT2D eigenvalue weighted by molar-refractivity contribution is 8.24. The predicted octanol–water partition coefficient (Wildman–Crippen LogP) is 13.6. The number of ether oxygens (including phenoxy) is 2. The Morgan fingerprint density at radius 3 is 1.09 bits per heavy atom. The van der Waals surface area contributed by atoms with Gasteiger partial charge in [0.1, 0.15) is 9.49 Å². The van der Waals surface area contributed by atoms with Crippen molar-refractivity contribution in [3.05, 3.63) is 12.0 Å². The van der Waals surface area contributed by atoms with Gasteiger partial charge in [0.15, 0.2) is 0 Å². The maximum atomic E-state index is 13.1. The van der Waals surface area contributed by atoms with E-state index >= 15 is 0 Å². The molecule has 0 aromatic rings. The molecule has 0 heterocycles. The van der Waals surface area contributed by atoms with Crippen molar-refractivity contribution in [3.8, 4) is 0 Å². The summed E-state index contributed by atoms with van der Waals surface area (Å²) in [6.07, 6.45) is 29.3. The van der Waals surface area contributed by atoms with Gasteiger partial charge in [-0.1, -0.05) is 161 Å². The summed E-state index contributed by atoms with van der Waals surface area (Å²) in [6.45, 7) is 13.6. The van der Waals surface area contributed by atoms with Gasteiger partial charge in [0.2, 0.25) is 0 Å². The summed E-state index contributed by atoms with van der Waals surface area (Å²) in [5.74, 6) is -1.02. The van der Waals surface area contributed by atoms with Gasteiger partial charge >= 0.3 is 11.9 Å². The molecule has 0 rings (SSSR count). The number of hydrogen-bond donors (Lipinski definition) is 0. The van der Waals surface area contributed by atoms with Crippen LogP contribution in [0.4, 0.5) is 0 Å². The van der Waals surface area contributed by atoms with E-state index in [4.69, 9.17) is 33.9 Å². The van der Waals surface area contributed by atoms with Gasteiger partial charge < -0.3 is 9.47 Å². The van der Waals surface area contributed by atoms with Gasteiger partial charge in [-0.05, 0) is 65.9 Å². The second-order valence-electron chi connectivity index (χ2n) is 13.5. The molecule has 0 amide bonds. The summed E-state index contributed by atoms with van der Waals surface area (Å²) in [5.41, 5.74) is 0. The number of unbranched alkanes of at least 4 members (excludes halogenated alkanes) is 18. The second-order valence-corrected chi connectivity index (χ2v) is 18.5. The van der Waals surface area contributed by atoms with Gasteiger partial charge in [-0.25, -0.2) is 0 Å². The maximum absolute atomic E-state index is 13.1. The molecule has 0 aromatic carbocycles. The van der Waals surface area contributed by atoms with E-state index in [0.717, 1.165) is 46.9 Å². The fourth-order valence-corrected chi connectivity index (χ4v) is 8.39. The maximum Gasteiger partial charge on any atom is 0.329 e. The largest absolute Gasteiger partial charge is 0.392 e. The summed E-state index contributed by atoms with van der Waals surface area (Å²) in [6, 6.07) is 0. The van der Waals surface area contributed by atoms with Gasteiger partial charge in [0.05, 0.1) is 0 Å². The Morgan fingerprint density at radius 1 is 0.522 bits per heavy atom. The molecule has 0 radical (unpaired) electrons. The second kappa shape index (κ2) is 28.4. The van der Waals surface area contributed by atoms with Gasteiger partial charge in [0.25, 0.3) is 5.95 Å². The molecule has 0 bridgehead atoms. The summed E-state index contributed by atoms with van der Waals surface area (Å²) in [5, 5.41) is 0. The molecule has 0 aliphatic carbocycles. The lowest BCUT2D eigenvalue weighted by Gasteiger charge is -2.25. The average Bonchev–Trinajstić information content (AvgIpc) is 2.98. The molecule has 0 fully saturated rings. The average molecular weight is 717 g/mol. The van der Waals surface area contributed by atoms with E-state index in [1.54, 1.807) is 6.08 Å². The van der Waals surface area contributed by atoms with Crippen molar-refractivity contribution in [3.63, 3.8) is 0 Å². The van der Waals surface area contributed by atoms with E-state index in [1.165, 1.54) is 126 Å². The van der Waals surface area contributed by atoms with Crippen molar-refractivity contribution < 1.29 is 19.1 Å². The Balaban J connectivity index is 4.51. The van der Waals surface area contributed by atoms with E-state index < -0.39 is 21.4 Å². The minimum atomic E-state index is -0.893. The van der Waals surface area contributed by atoms with E-state index in [-0.39, 0.29) is 5.95 Å². The number of esters is 2. The van der Waals surface area contributed by atoms with E-state index in [0.29, 0.717) is 6.42 Å². The molecule has 46 heavy (non-hydrogen) atoms. The van der Waals surface area contributed by atoms with Crippen LogP contribution >= 0.6 is 48.0 Å². The van der Waals surface area contributed by atoms with Crippen molar-refractivity contribution in [2.75, 3.05) is 0 Å². The van der Waals surface area contributed by atoms with Crippen molar-refractivity contribution in [1.29, 1.82) is 0 Å². The van der Waals surface area contributed by atoms with Crippen LogP contribution in [0, 0.1) is 0 Å². The fraction of sp³-hybridized carbons (Fsp3) is 0.842. The Labute approximate surface area is 303 Å². The first-order valence-electron chi connectivity index (χ1n) is 18.5. The molecule has 0 atom stereocenters. The number of allylic oxidation sites excluding steroid dienone is 1. The number of carbonyl (C=O) groups excluding carboxylic acids is 2. The molecule has 0 saturated heterocycles. The topological polar surface area (TPSA) is 52.6 Å². The van der Waals surface area contributed by atoms with Crippen LogP contribution < -0.4 is 0 Å². The Bertz CT molecular complexity index is 816. The number of thioether (sulfide) groups is 2. The first kappa shape index (κ1) is 45.6. The van der Waals surface area contributed by atoms with Gasteiger partial charge in [-0.2, -0.15) is 0 Å². The van der Waals surface area contributed by atoms with E-state index in [9.17, 15) is 9.59 Å². The summed E-state index contributed by atoms with van der Waals surface area (Å²) >= 11 is 14.0. The SMILES string of the molecule is CCC=C(OC(=O)C(C)(C)SC(=S)CCCCCCCCCCCC)OC(=O)C(C)(C)SC(=S)CCCCCCCCCCCC. The Morgan fingerprint density at radius 2 is 0.804 bits per heavy atom. The molecular formula is C38H68O4S4. The van der Waals surface area contributed by atoms with E-state index in [1.807, 2.05) is 34.6 Å². The molecule has 0 aromatic heterocycles. The van der Waals surface area contributed by atoms with Crippen LogP contribution in [0.1, 0.15) is 196 Å². The lowest BCUT2D eigenvalue weighted by molar-refractivity contribution is -0.156. The molecule has 4 nitrogen and oxygen atoms in total. The molecule has 268 valence electrons. The van der Waals surface area contributed by atoms with Gasteiger partial charge in [-0.3, -0.25) is 9.59 Å². The third kappa shape index (κ3) is 24.7. The summed E-state index contributed by atoms with van der Waals surface area (Å²) < 4.78 is 11.1. The molecule has 0 spiro atoms. The minimum absolute atomic E-state index is 0.0684. The zero-order valence-electron chi connectivity index (χ0n) is 30.6. The zero-order valence-corrected chi connectivity index (χ0v) is 33.9. The third-order valence-electron chi connectivity index (χ3n) is 7.95. The molecular weight excluding hydrogens is 649 g/mol. The normalized spacial score (nSPS) is 11.7. The summed E-state index contributed by atoms with van der Waals surface area (Å²) in [7, 11) is 0. The number of rotatable bonds is 29. The Kier molecular flexibility index (Phi) is 28.1.